The molecule has 0 aliphatic rings. The second kappa shape index (κ2) is 8.37. The molecule has 0 spiro atoms. The summed E-state index contributed by atoms with van der Waals surface area (Å²) < 4.78 is 4.88. The highest BCUT2D eigenvalue weighted by Crippen LogP contribution is 2.16. The van der Waals surface area contributed by atoms with E-state index in [0.29, 0.717) is 16.4 Å². The number of carbonyl (C=O) groups excluding carboxylic acids is 1. The summed E-state index contributed by atoms with van der Waals surface area (Å²) in [6.07, 6.45) is 0. The van der Waals surface area contributed by atoms with E-state index in [1.807, 2.05) is 0 Å². The fourth-order valence-corrected chi connectivity index (χ4v) is 2.03. The molecule has 9 nitrogen and oxygen atoms in total. The predicted octanol–water partition coefficient (Wildman–Crippen LogP) is 0.553. The van der Waals surface area contributed by atoms with E-state index in [-0.39, 0.29) is 19.7 Å². The van der Waals surface area contributed by atoms with Crippen LogP contribution in [-0.2, 0) is 20.9 Å². The molecule has 0 unspecified atom stereocenters. The average Bonchev–Trinajstić information content (AvgIpc) is 3.00. The van der Waals surface area contributed by atoms with Crippen LogP contribution in [0.25, 0.3) is 11.4 Å². The van der Waals surface area contributed by atoms with E-state index in [2.05, 4.69) is 15.4 Å². The van der Waals surface area contributed by atoms with Crippen LogP contribution in [0.15, 0.2) is 24.3 Å². The minimum atomic E-state index is -1.10. The van der Waals surface area contributed by atoms with Crippen molar-refractivity contribution in [2.24, 2.45) is 0 Å². The number of methoxy groups -OCH3 is 1. The Morgan fingerprint density at radius 1 is 1.33 bits per heavy atom. The predicted molar refractivity (Wildman–Crippen MR) is 84.4 cm³/mol. The first-order valence-corrected chi connectivity index (χ1v) is 7.39. The molecule has 0 radical (unpaired) electrons. The minimum Gasteiger partial charge on any atom is -0.480 e. The monoisotopic (exact) mass is 353 g/mol. The molecular formula is C14H16ClN5O4. The van der Waals surface area contributed by atoms with Crippen molar-refractivity contribution in [3.63, 3.8) is 0 Å². The van der Waals surface area contributed by atoms with Crippen LogP contribution in [0.2, 0.25) is 5.02 Å². The van der Waals surface area contributed by atoms with Crippen molar-refractivity contribution >= 4 is 23.5 Å². The number of tetrazole rings is 1. The lowest BCUT2D eigenvalue weighted by Crippen LogP contribution is -2.40. The van der Waals surface area contributed by atoms with Gasteiger partial charge in [0.25, 0.3) is 0 Å². The number of carboxylic acids is 1. The van der Waals surface area contributed by atoms with Crippen LogP contribution in [0.5, 0.6) is 0 Å². The number of hydrogen-bond donors (Lipinski definition) is 1. The summed E-state index contributed by atoms with van der Waals surface area (Å²) in [5.41, 5.74) is 0.708. The molecule has 1 aromatic heterocycles. The Morgan fingerprint density at radius 3 is 2.67 bits per heavy atom. The standard InChI is InChI=1S/C14H16ClN5O4/c1-24-7-6-19(9-13(22)23)12(21)8-20-17-14(16-18-20)10-2-4-11(15)5-3-10/h2-5H,6-9H2,1H3,(H,22,23). The van der Waals surface area contributed by atoms with Gasteiger partial charge in [-0.25, -0.2) is 0 Å². The summed E-state index contributed by atoms with van der Waals surface area (Å²) >= 11 is 5.82. The maximum atomic E-state index is 12.2. The second-order valence-corrected chi connectivity index (χ2v) is 5.29. The molecule has 2 rings (SSSR count). The van der Waals surface area contributed by atoms with Crippen molar-refractivity contribution in [3.05, 3.63) is 29.3 Å². The quantitative estimate of drug-likeness (QED) is 0.737. The summed E-state index contributed by atoms with van der Waals surface area (Å²) in [6, 6.07) is 6.87. The first-order valence-electron chi connectivity index (χ1n) is 7.02. The van der Waals surface area contributed by atoms with Crippen molar-refractivity contribution < 1.29 is 19.4 Å². The van der Waals surface area contributed by atoms with Crippen LogP contribution in [0, 0.1) is 0 Å². The van der Waals surface area contributed by atoms with E-state index in [9.17, 15) is 9.59 Å². The van der Waals surface area contributed by atoms with Crippen molar-refractivity contribution in [3.8, 4) is 11.4 Å². The van der Waals surface area contributed by atoms with Gasteiger partial charge in [-0.1, -0.05) is 11.6 Å². The third-order valence-corrected chi connectivity index (χ3v) is 3.33. The van der Waals surface area contributed by atoms with Gasteiger partial charge < -0.3 is 14.7 Å². The fourth-order valence-electron chi connectivity index (χ4n) is 1.90. The van der Waals surface area contributed by atoms with E-state index >= 15 is 0 Å². The van der Waals surface area contributed by atoms with Crippen molar-refractivity contribution in [1.29, 1.82) is 0 Å². The van der Waals surface area contributed by atoms with E-state index in [1.165, 1.54) is 7.11 Å². The van der Waals surface area contributed by atoms with Gasteiger partial charge >= 0.3 is 5.97 Å². The van der Waals surface area contributed by atoms with Crippen LogP contribution in [0.1, 0.15) is 0 Å². The van der Waals surface area contributed by atoms with Crippen molar-refractivity contribution in [2.75, 3.05) is 26.8 Å². The molecule has 10 heteroatoms. The fraction of sp³-hybridized carbons (Fsp3) is 0.357. The van der Waals surface area contributed by atoms with Crippen molar-refractivity contribution in [2.45, 2.75) is 6.54 Å². The molecule has 0 saturated heterocycles. The smallest absolute Gasteiger partial charge is 0.323 e. The molecule has 1 N–H and O–H groups in total. The molecule has 0 fully saturated rings. The first-order chi connectivity index (χ1) is 11.5. The highest BCUT2D eigenvalue weighted by atomic mass is 35.5. The molecule has 1 amide bonds. The van der Waals surface area contributed by atoms with Gasteiger partial charge in [-0.3, -0.25) is 9.59 Å². The Balaban J connectivity index is 2.05. The maximum absolute atomic E-state index is 12.2. The number of nitrogens with zero attached hydrogens (tertiary/aromatic N) is 5. The molecule has 0 saturated carbocycles. The molecule has 0 atom stereocenters. The number of halogens is 1. The number of amides is 1. The number of rotatable bonds is 8. The Morgan fingerprint density at radius 2 is 2.04 bits per heavy atom. The number of carboxylic acid groups (broad SMARTS) is 1. The van der Waals surface area contributed by atoms with Crippen LogP contribution in [0.4, 0.5) is 0 Å². The summed E-state index contributed by atoms with van der Waals surface area (Å²) in [6.45, 7) is -0.223. The van der Waals surface area contributed by atoms with Crippen LogP contribution >= 0.6 is 11.6 Å². The number of aliphatic carboxylic acids is 1. The molecule has 0 bridgehead atoms. The normalized spacial score (nSPS) is 10.6. The number of ether oxygens (including phenoxy) is 1. The van der Waals surface area contributed by atoms with Gasteiger partial charge in [0.1, 0.15) is 13.1 Å². The van der Waals surface area contributed by atoms with E-state index in [4.69, 9.17) is 21.4 Å². The van der Waals surface area contributed by atoms with Crippen LogP contribution in [0.3, 0.4) is 0 Å². The number of aromatic nitrogens is 4. The molecule has 0 aliphatic carbocycles. The van der Waals surface area contributed by atoms with Crippen molar-refractivity contribution in [1.82, 2.24) is 25.1 Å². The lowest BCUT2D eigenvalue weighted by atomic mass is 10.2. The van der Waals surface area contributed by atoms with Gasteiger partial charge in [0.05, 0.1) is 6.61 Å². The summed E-state index contributed by atoms with van der Waals surface area (Å²) in [5, 5.41) is 21.3. The van der Waals surface area contributed by atoms with Gasteiger partial charge in [-0.05, 0) is 29.5 Å². The number of hydrogen-bond acceptors (Lipinski definition) is 6. The Kier molecular flexibility index (Phi) is 6.21. The number of benzene rings is 1. The Hall–Kier alpha value is -2.52. The third kappa shape index (κ3) is 5.00. The average molecular weight is 354 g/mol. The zero-order valence-electron chi connectivity index (χ0n) is 12.9. The zero-order chi connectivity index (χ0) is 17.5. The molecule has 2 aromatic rings. The van der Waals surface area contributed by atoms with Crippen LogP contribution < -0.4 is 0 Å². The van der Waals surface area contributed by atoms with Crippen LogP contribution in [-0.4, -0.2) is 68.9 Å². The first kappa shape index (κ1) is 17.8. The molecule has 1 aromatic carbocycles. The highest BCUT2D eigenvalue weighted by Gasteiger charge is 2.18. The highest BCUT2D eigenvalue weighted by molar-refractivity contribution is 6.30. The van der Waals surface area contributed by atoms with E-state index in [0.717, 1.165) is 9.70 Å². The van der Waals surface area contributed by atoms with E-state index < -0.39 is 18.4 Å². The van der Waals surface area contributed by atoms with E-state index in [1.54, 1.807) is 24.3 Å². The van der Waals surface area contributed by atoms with Gasteiger partial charge in [0.2, 0.25) is 11.7 Å². The third-order valence-electron chi connectivity index (χ3n) is 3.08. The zero-order valence-corrected chi connectivity index (χ0v) is 13.7. The Bertz CT molecular complexity index is 703. The SMILES string of the molecule is COCCN(CC(=O)O)C(=O)Cn1nnc(-c2ccc(Cl)cc2)n1. The lowest BCUT2D eigenvalue weighted by molar-refractivity contribution is -0.145. The molecule has 0 aliphatic heterocycles. The molecule has 24 heavy (non-hydrogen) atoms. The minimum absolute atomic E-state index is 0.167. The number of carbonyl (C=O) groups is 2. The molecule has 1 heterocycles. The summed E-state index contributed by atoms with van der Waals surface area (Å²) in [5.74, 6) is -1.19. The second-order valence-electron chi connectivity index (χ2n) is 4.85. The summed E-state index contributed by atoms with van der Waals surface area (Å²) in [7, 11) is 1.47. The summed E-state index contributed by atoms with van der Waals surface area (Å²) in [4.78, 5) is 25.3. The molecular weight excluding hydrogens is 338 g/mol. The maximum Gasteiger partial charge on any atom is 0.323 e. The van der Waals surface area contributed by atoms with Gasteiger partial charge in [0.15, 0.2) is 0 Å². The Labute approximate surface area is 142 Å². The van der Waals surface area contributed by atoms with Gasteiger partial charge in [0, 0.05) is 24.2 Å². The van der Waals surface area contributed by atoms with Gasteiger partial charge in [-0.2, -0.15) is 4.80 Å². The molecule has 128 valence electrons. The van der Waals surface area contributed by atoms with Gasteiger partial charge in [-0.15, -0.1) is 10.2 Å². The largest absolute Gasteiger partial charge is 0.480 e. The topological polar surface area (TPSA) is 110 Å². The lowest BCUT2D eigenvalue weighted by Gasteiger charge is -2.19.